The topological polar surface area (TPSA) is 36.9 Å². The standard InChI is InChI=1S/C20H22Cl2O4/c1-3-4-15-5-8-18(20(13-15)23-2)25-11-9-24-10-12-26-19-14-16(21)6-7-17(19)22/h3-8,13-14H,9-12H2,1-2H3. The summed E-state index contributed by atoms with van der Waals surface area (Å²) < 4.78 is 22.1. The molecule has 4 nitrogen and oxygen atoms in total. The van der Waals surface area contributed by atoms with Gasteiger partial charge in [-0.1, -0.05) is 41.4 Å². The minimum absolute atomic E-state index is 0.376. The zero-order valence-corrected chi connectivity index (χ0v) is 16.3. The van der Waals surface area contributed by atoms with Crippen LogP contribution in [0.1, 0.15) is 12.5 Å². The summed E-state index contributed by atoms with van der Waals surface area (Å²) in [6.07, 6.45) is 3.98. The molecular formula is C20H22Cl2O4. The maximum absolute atomic E-state index is 6.03. The molecule has 0 amide bonds. The maximum Gasteiger partial charge on any atom is 0.161 e. The highest BCUT2D eigenvalue weighted by Crippen LogP contribution is 2.29. The molecule has 0 aliphatic heterocycles. The molecule has 0 radical (unpaired) electrons. The van der Waals surface area contributed by atoms with E-state index >= 15 is 0 Å². The molecule has 2 aromatic rings. The Kier molecular flexibility index (Phi) is 8.62. The third kappa shape index (κ3) is 6.45. The van der Waals surface area contributed by atoms with Gasteiger partial charge >= 0.3 is 0 Å². The molecule has 2 rings (SSSR count). The van der Waals surface area contributed by atoms with Gasteiger partial charge in [0, 0.05) is 11.1 Å². The van der Waals surface area contributed by atoms with Crippen LogP contribution in [0.25, 0.3) is 6.08 Å². The van der Waals surface area contributed by atoms with Crippen LogP contribution < -0.4 is 14.2 Å². The Morgan fingerprint density at radius 3 is 2.27 bits per heavy atom. The summed E-state index contributed by atoms with van der Waals surface area (Å²) in [5, 5.41) is 1.10. The molecule has 0 atom stereocenters. The quantitative estimate of drug-likeness (QED) is 0.496. The van der Waals surface area contributed by atoms with E-state index in [0.717, 1.165) is 5.56 Å². The Bertz CT molecular complexity index is 732. The van der Waals surface area contributed by atoms with Crippen LogP contribution in [-0.4, -0.2) is 33.5 Å². The summed E-state index contributed by atoms with van der Waals surface area (Å²) in [5.74, 6) is 1.93. The molecule has 0 bridgehead atoms. The number of rotatable bonds is 10. The lowest BCUT2D eigenvalue weighted by Crippen LogP contribution is -2.12. The van der Waals surface area contributed by atoms with Gasteiger partial charge < -0.3 is 18.9 Å². The number of allylic oxidation sites excluding steroid dienone is 1. The SMILES string of the molecule is CC=Cc1ccc(OCCOCCOc2cc(Cl)ccc2Cl)c(OC)c1. The van der Waals surface area contributed by atoms with E-state index in [0.29, 0.717) is 53.7 Å². The Labute approximate surface area is 164 Å². The molecule has 2 aromatic carbocycles. The molecule has 0 aliphatic carbocycles. The largest absolute Gasteiger partial charge is 0.493 e. The van der Waals surface area contributed by atoms with E-state index < -0.39 is 0 Å². The van der Waals surface area contributed by atoms with E-state index in [1.807, 2.05) is 37.3 Å². The van der Waals surface area contributed by atoms with Crippen LogP contribution in [0.4, 0.5) is 0 Å². The van der Waals surface area contributed by atoms with E-state index in [2.05, 4.69) is 0 Å². The van der Waals surface area contributed by atoms with E-state index in [-0.39, 0.29) is 0 Å². The first-order chi connectivity index (χ1) is 12.6. The van der Waals surface area contributed by atoms with E-state index in [4.69, 9.17) is 42.1 Å². The summed E-state index contributed by atoms with van der Waals surface area (Å²) in [5.41, 5.74) is 1.06. The molecule has 140 valence electrons. The van der Waals surface area contributed by atoms with Gasteiger partial charge in [-0.3, -0.25) is 0 Å². The van der Waals surface area contributed by atoms with Crippen molar-refractivity contribution in [2.75, 3.05) is 33.5 Å². The van der Waals surface area contributed by atoms with Crippen LogP contribution in [-0.2, 0) is 4.74 Å². The highest BCUT2D eigenvalue weighted by atomic mass is 35.5. The van der Waals surface area contributed by atoms with Crippen molar-refractivity contribution >= 4 is 29.3 Å². The number of halogens is 2. The van der Waals surface area contributed by atoms with Crippen molar-refractivity contribution in [2.24, 2.45) is 0 Å². The zero-order valence-electron chi connectivity index (χ0n) is 14.8. The summed E-state index contributed by atoms with van der Waals surface area (Å²) in [6.45, 7) is 3.62. The summed E-state index contributed by atoms with van der Waals surface area (Å²) in [4.78, 5) is 0. The van der Waals surface area contributed by atoms with E-state index in [9.17, 15) is 0 Å². The van der Waals surface area contributed by atoms with Crippen LogP contribution in [0.5, 0.6) is 17.2 Å². The van der Waals surface area contributed by atoms with Crippen molar-refractivity contribution in [3.63, 3.8) is 0 Å². The third-order valence-electron chi connectivity index (χ3n) is 3.41. The zero-order chi connectivity index (χ0) is 18.8. The molecule has 0 saturated carbocycles. The Hall–Kier alpha value is -1.88. The molecule has 0 spiro atoms. The molecule has 0 aliphatic rings. The van der Waals surface area contributed by atoms with Crippen LogP contribution in [0.2, 0.25) is 10.0 Å². The van der Waals surface area contributed by atoms with Crippen molar-refractivity contribution < 1.29 is 18.9 Å². The van der Waals surface area contributed by atoms with Gasteiger partial charge in [-0.15, -0.1) is 0 Å². The van der Waals surface area contributed by atoms with Gasteiger partial charge in [0.05, 0.1) is 25.3 Å². The second kappa shape index (κ2) is 11.0. The van der Waals surface area contributed by atoms with Crippen molar-refractivity contribution in [3.8, 4) is 17.2 Å². The molecule has 0 aromatic heterocycles. The van der Waals surface area contributed by atoms with Crippen molar-refractivity contribution in [3.05, 3.63) is 58.1 Å². The molecule has 26 heavy (non-hydrogen) atoms. The molecular weight excluding hydrogens is 375 g/mol. The number of hydrogen-bond donors (Lipinski definition) is 0. The first-order valence-electron chi connectivity index (χ1n) is 8.23. The minimum atomic E-state index is 0.376. The van der Waals surface area contributed by atoms with Crippen LogP contribution in [0.3, 0.4) is 0 Å². The molecule has 0 unspecified atom stereocenters. The van der Waals surface area contributed by atoms with Gasteiger partial charge in [0.25, 0.3) is 0 Å². The average molecular weight is 397 g/mol. The second-order valence-electron chi connectivity index (χ2n) is 5.29. The van der Waals surface area contributed by atoms with E-state index in [1.165, 1.54) is 0 Å². The van der Waals surface area contributed by atoms with Crippen LogP contribution in [0.15, 0.2) is 42.5 Å². The second-order valence-corrected chi connectivity index (χ2v) is 6.14. The number of benzene rings is 2. The normalized spacial score (nSPS) is 10.9. The molecule has 6 heteroatoms. The van der Waals surface area contributed by atoms with E-state index in [1.54, 1.807) is 25.3 Å². The lowest BCUT2D eigenvalue weighted by atomic mass is 10.2. The smallest absolute Gasteiger partial charge is 0.161 e. The predicted octanol–water partition coefficient (Wildman–Crippen LogP) is 5.51. The summed E-state index contributed by atoms with van der Waals surface area (Å²) in [6, 6.07) is 10.9. The van der Waals surface area contributed by atoms with Crippen molar-refractivity contribution in [1.82, 2.24) is 0 Å². The van der Waals surface area contributed by atoms with Gasteiger partial charge in [0.15, 0.2) is 11.5 Å². The van der Waals surface area contributed by atoms with Crippen LogP contribution in [0, 0.1) is 0 Å². The van der Waals surface area contributed by atoms with Gasteiger partial charge in [0.1, 0.15) is 19.0 Å². The monoisotopic (exact) mass is 396 g/mol. The third-order valence-corrected chi connectivity index (χ3v) is 3.96. The minimum Gasteiger partial charge on any atom is -0.493 e. The van der Waals surface area contributed by atoms with Crippen molar-refractivity contribution in [1.29, 1.82) is 0 Å². The lowest BCUT2D eigenvalue weighted by molar-refractivity contribution is 0.0757. The Morgan fingerprint density at radius 1 is 0.846 bits per heavy atom. The number of methoxy groups -OCH3 is 1. The molecule has 0 heterocycles. The average Bonchev–Trinajstić information content (AvgIpc) is 2.64. The highest BCUT2D eigenvalue weighted by Gasteiger charge is 2.05. The van der Waals surface area contributed by atoms with Crippen LogP contribution >= 0.6 is 23.2 Å². The summed E-state index contributed by atoms with van der Waals surface area (Å²) in [7, 11) is 1.62. The molecule has 0 fully saturated rings. The predicted molar refractivity (Wildman–Crippen MR) is 106 cm³/mol. The summed E-state index contributed by atoms with van der Waals surface area (Å²) >= 11 is 11.9. The van der Waals surface area contributed by atoms with Gasteiger partial charge in [-0.2, -0.15) is 0 Å². The fraction of sp³-hybridized carbons (Fsp3) is 0.300. The Morgan fingerprint density at radius 2 is 1.58 bits per heavy atom. The first-order valence-corrected chi connectivity index (χ1v) is 8.98. The van der Waals surface area contributed by atoms with Gasteiger partial charge in [-0.25, -0.2) is 0 Å². The molecule has 0 saturated heterocycles. The fourth-order valence-electron chi connectivity index (χ4n) is 2.21. The van der Waals surface area contributed by atoms with Gasteiger partial charge in [0.2, 0.25) is 0 Å². The lowest BCUT2D eigenvalue weighted by Gasteiger charge is -2.12. The van der Waals surface area contributed by atoms with Gasteiger partial charge in [-0.05, 0) is 36.8 Å². The maximum atomic E-state index is 6.03. The number of ether oxygens (including phenoxy) is 4. The van der Waals surface area contributed by atoms with Crippen molar-refractivity contribution in [2.45, 2.75) is 6.92 Å². The Balaban J connectivity index is 1.68. The molecule has 0 N–H and O–H groups in total. The highest BCUT2D eigenvalue weighted by molar-refractivity contribution is 6.34. The number of hydrogen-bond acceptors (Lipinski definition) is 4. The fourth-order valence-corrected chi connectivity index (χ4v) is 2.54. The first kappa shape index (κ1) is 20.4.